The highest BCUT2D eigenvalue weighted by Crippen LogP contribution is 2.23. The molecule has 0 spiro atoms. The van der Waals surface area contributed by atoms with Crippen molar-refractivity contribution in [1.29, 1.82) is 0 Å². The van der Waals surface area contributed by atoms with Gasteiger partial charge in [0.1, 0.15) is 0 Å². The van der Waals surface area contributed by atoms with E-state index in [9.17, 15) is 9.90 Å². The molecule has 2 rings (SSSR count). The number of rotatable bonds is 3. The van der Waals surface area contributed by atoms with Gasteiger partial charge in [-0.25, -0.2) is 4.79 Å². The van der Waals surface area contributed by atoms with Gasteiger partial charge in [-0.3, -0.25) is 4.98 Å². The van der Waals surface area contributed by atoms with Gasteiger partial charge in [0.25, 0.3) is 0 Å². The van der Waals surface area contributed by atoms with Gasteiger partial charge in [0.15, 0.2) is 0 Å². The van der Waals surface area contributed by atoms with Crippen LogP contribution in [0, 0.1) is 11.8 Å². The molecule has 2 N–H and O–H groups in total. The highest BCUT2D eigenvalue weighted by Gasteiger charge is 2.32. The van der Waals surface area contributed by atoms with Crippen LogP contribution in [0.4, 0.5) is 4.79 Å². The second-order valence-corrected chi connectivity index (χ2v) is 6.31. The predicted octanol–water partition coefficient (Wildman–Crippen LogP) is 2.17. The van der Waals surface area contributed by atoms with Crippen molar-refractivity contribution in [1.82, 2.24) is 15.2 Å². The molecule has 0 bridgehead atoms. The summed E-state index contributed by atoms with van der Waals surface area (Å²) < 4.78 is 0.916. The molecular formula is C14H20BrN3O2. The molecule has 5 nitrogen and oxygen atoms in total. The number of aliphatic hydroxyl groups excluding tert-OH is 1. The van der Waals surface area contributed by atoms with Crippen LogP contribution in [0.25, 0.3) is 0 Å². The van der Waals surface area contributed by atoms with Gasteiger partial charge in [-0.2, -0.15) is 0 Å². The topological polar surface area (TPSA) is 65.5 Å². The SMILES string of the molecule is CC(NC(=O)N1C[C@@H](CO)[C@H](C)C1)c1ccc(Br)cn1. The Balaban J connectivity index is 1.93. The Morgan fingerprint density at radius 3 is 2.90 bits per heavy atom. The Kier molecular flexibility index (Phi) is 4.99. The van der Waals surface area contributed by atoms with E-state index >= 15 is 0 Å². The molecular weight excluding hydrogens is 322 g/mol. The van der Waals surface area contributed by atoms with E-state index < -0.39 is 0 Å². The lowest BCUT2D eigenvalue weighted by molar-refractivity contribution is 0.193. The minimum atomic E-state index is -0.140. The van der Waals surface area contributed by atoms with E-state index in [1.165, 1.54) is 0 Å². The molecule has 0 saturated carbocycles. The molecule has 110 valence electrons. The average Bonchev–Trinajstić information content (AvgIpc) is 2.80. The van der Waals surface area contributed by atoms with Gasteiger partial charge in [0.05, 0.1) is 11.7 Å². The van der Waals surface area contributed by atoms with Crippen molar-refractivity contribution in [3.05, 3.63) is 28.5 Å². The van der Waals surface area contributed by atoms with E-state index in [1.54, 1.807) is 11.1 Å². The lowest BCUT2D eigenvalue weighted by Crippen LogP contribution is -2.40. The van der Waals surface area contributed by atoms with Crippen molar-refractivity contribution >= 4 is 22.0 Å². The van der Waals surface area contributed by atoms with Crippen LogP contribution in [0.2, 0.25) is 0 Å². The standard InChI is InChI=1S/C14H20BrN3O2/c1-9-6-18(7-11(9)8-19)14(20)17-10(2)13-4-3-12(15)5-16-13/h3-5,9-11,19H,6-8H2,1-2H3,(H,17,20)/t9-,10?,11+/m1/s1. The number of amides is 2. The van der Waals surface area contributed by atoms with E-state index in [4.69, 9.17) is 0 Å². The number of urea groups is 1. The zero-order valence-electron chi connectivity index (χ0n) is 11.7. The first-order chi connectivity index (χ1) is 9.51. The summed E-state index contributed by atoms with van der Waals surface area (Å²) in [5, 5.41) is 12.2. The van der Waals surface area contributed by atoms with Crippen molar-refractivity contribution in [3.63, 3.8) is 0 Å². The fourth-order valence-corrected chi connectivity index (χ4v) is 2.67. The third-order valence-corrected chi connectivity index (χ3v) is 4.29. The Bertz CT molecular complexity index is 466. The van der Waals surface area contributed by atoms with Gasteiger partial charge in [-0.05, 0) is 40.9 Å². The van der Waals surface area contributed by atoms with E-state index in [-0.39, 0.29) is 24.6 Å². The van der Waals surface area contributed by atoms with Crippen LogP contribution < -0.4 is 5.32 Å². The van der Waals surface area contributed by atoms with E-state index in [2.05, 4.69) is 33.2 Å². The van der Waals surface area contributed by atoms with Gasteiger partial charge in [0, 0.05) is 36.3 Å². The zero-order chi connectivity index (χ0) is 14.7. The largest absolute Gasteiger partial charge is 0.396 e. The molecule has 1 saturated heterocycles. The maximum Gasteiger partial charge on any atom is 0.317 e. The smallest absolute Gasteiger partial charge is 0.317 e. The summed E-state index contributed by atoms with van der Waals surface area (Å²) in [6.07, 6.45) is 1.72. The highest BCUT2D eigenvalue weighted by atomic mass is 79.9. The molecule has 0 aromatic carbocycles. The van der Waals surface area contributed by atoms with Gasteiger partial charge >= 0.3 is 6.03 Å². The minimum Gasteiger partial charge on any atom is -0.396 e. The molecule has 6 heteroatoms. The second kappa shape index (κ2) is 6.54. The first kappa shape index (κ1) is 15.3. The second-order valence-electron chi connectivity index (χ2n) is 5.40. The van der Waals surface area contributed by atoms with Gasteiger partial charge < -0.3 is 15.3 Å². The number of nitrogens with one attached hydrogen (secondary N) is 1. The normalized spacial score (nSPS) is 23.7. The first-order valence-corrected chi connectivity index (χ1v) is 7.58. The summed E-state index contributed by atoms with van der Waals surface area (Å²) in [4.78, 5) is 18.2. The van der Waals surface area contributed by atoms with Crippen LogP contribution in [0.3, 0.4) is 0 Å². The number of halogens is 1. The first-order valence-electron chi connectivity index (χ1n) is 6.79. The Morgan fingerprint density at radius 1 is 1.60 bits per heavy atom. The Labute approximate surface area is 127 Å². The number of carbonyl (C=O) groups excluding carboxylic acids is 1. The number of aromatic nitrogens is 1. The summed E-state index contributed by atoms with van der Waals surface area (Å²) in [5.41, 5.74) is 0.826. The van der Waals surface area contributed by atoms with Crippen LogP contribution in [-0.4, -0.2) is 40.7 Å². The number of nitrogens with zero attached hydrogens (tertiary/aromatic N) is 2. The van der Waals surface area contributed by atoms with Gasteiger partial charge in [0.2, 0.25) is 0 Å². The zero-order valence-corrected chi connectivity index (χ0v) is 13.3. The summed E-state index contributed by atoms with van der Waals surface area (Å²) in [7, 11) is 0. The number of likely N-dealkylation sites (tertiary alicyclic amines) is 1. The molecule has 1 fully saturated rings. The lowest BCUT2D eigenvalue weighted by Gasteiger charge is -2.20. The summed E-state index contributed by atoms with van der Waals surface area (Å²) in [5.74, 6) is 0.522. The number of hydrogen-bond acceptors (Lipinski definition) is 3. The summed E-state index contributed by atoms with van der Waals surface area (Å²) in [6.45, 7) is 5.42. The molecule has 1 unspecified atom stereocenters. The average molecular weight is 342 g/mol. The molecule has 1 aromatic rings. The Hall–Kier alpha value is -1.14. The number of carbonyl (C=O) groups is 1. The van der Waals surface area contributed by atoms with Gasteiger partial charge in [-0.1, -0.05) is 6.92 Å². The minimum absolute atomic E-state index is 0.0926. The summed E-state index contributed by atoms with van der Waals surface area (Å²) in [6, 6.07) is 3.56. The molecule has 3 atom stereocenters. The predicted molar refractivity (Wildman–Crippen MR) is 80.2 cm³/mol. The molecule has 2 amide bonds. The molecule has 0 radical (unpaired) electrons. The van der Waals surface area contributed by atoms with Crippen molar-refractivity contribution < 1.29 is 9.90 Å². The van der Waals surface area contributed by atoms with E-state index in [1.807, 2.05) is 19.1 Å². The highest BCUT2D eigenvalue weighted by molar-refractivity contribution is 9.10. The van der Waals surface area contributed by atoms with Crippen LogP contribution in [0.5, 0.6) is 0 Å². The van der Waals surface area contributed by atoms with Crippen LogP contribution in [0.15, 0.2) is 22.8 Å². The fourth-order valence-electron chi connectivity index (χ4n) is 2.43. The van der Waals surface area contributed by atoms with Crippen LogP contribution in [-0.2, 0) is 0 Å². The van der Waals surface area contributed by atoms with Crippen LogP contribution >= 0.6 is 15.9 Å². The van der Waals surface area contributed by atoms with Crippen molar-refractivity contribution in [2.24, 2.45) is 11.8 Å². The van der Waals surface area contributed by atoms with Gasteiger partial charge in [-0.15, -0.1) is 0 Å². The van der Waals surface area contributed by atoms with E-state index in [0.29, 0.717) is 19.0 Å². The maximum atomic E-state index is 12.2. The molecule has 1 aromatic heterocycles. The number of hydrogen-bond donors (Lipinski definition) is 2. The third kappa shape index (κ3) is 3.49. The summed E-state index contributed by atoms with van der Waals surface area (Å²) >= 11 is 3.34. The molecule has 2 heterocycles. The quantitative estimate of drug-likeness (QED) is 0.885. The molecule has 1 aliphatic rings. The lowest BCUT2D eigenvalue weighted by atomic mass is 10.00. The number of pyridine rings is 1. The van der Waals surface area contributed by atoms with Crippen LogP contribution in [0.1, 0.15) is 25.6 Å². The third-order valence-electron chi connectivity index (χ3n) is 3.82. The van der Waals surface area contributed by atoms with Crippen molar-refractivity contribution in [2.75, 3.05) is 19.7 Å². The maximum absolute atomic E-state index is 12.2. The van der Waals surface area contributed by atoms with Crippen molar-refractivity contribution in [2.45, 2.75) is 19.9 Å². The Morgan fingerprint density at radius 2 is 2.35 bits per heavy atom. The monoisotopic (exact) mass is 341 g/mol. The molecule has 1 aliphatic heterocycles. The van der Waals surface area contributed by atoms with E-state index in [0.717, 1.165) is 10.2 Å². The fraction of sp³-hybridized carbons (Fsp3) is 0.571. The molecule has 0 aliphatic carbocycles. The molecule has 20 heavy (non-hydrogen) atoms. The van der Waals surface area contributed by atoms with Crippen molar-refractivity contribution in [3.8, 4) is 0 Å². The number of aliphatic hydroxyl groups is 1.